The molecule has 2 fully saturated rings. The molecule has 1 N–H and O–H groups in total. The minimum atomic E-state index is -4.78. The number of amides is 1. The molecule has 2 saturated heterocycles. The summed E-state index contributed by atoms with van der Waals surface area (Å²) in [5.74, 6) is -0.767. The highest BCUT2D eigenvalue weighted by atomic mass is 19.4. The molecule has 2 aromatic heterocycles. The molecular formula is C24H30F3N5O3. The van der Waals surface area contributed by atoms with Crippen LogP contribution >= 0.6 is 0 Å². The van der Waals surface area contributed by atoms with Crippen LogP contribution < -0.4 is 15.1 Å². The van der Waals surface area contributed by atoms with Gasteiger partial charge in [0.2, 0.25) is 17.5 Å². The average Bonchev–Trinajstić information content (AvgIpc) is 3.32. The molecule has 0 saturated carbocycles. The van der Waals surface area contributed by atoms with Crippen LogP contribution in [0.3, 0.4) is 0 Å². The Balaban J connectivity index is 1.40. The Bertz CT molecular complexity index is 1020. The molecule has 2 aliphatic rings. The Labute approximate surface area is 201 Å². The predicted octanol–water partition coefficient (Wildman–Crippen LogP) is 4.00. The maximum Gasteiger partial charge on any atom is 0.437 e. The number of nitrogens with zero attached hydrogens (tertiary/aromatic N) is 4. The monoisotopic (exact) mass is 493 g/mol. The lowest BCUT2D eigenvalue weighted by Crippen LogP contribution is -2.44. The van der Waals surface area contributed by atoms with Gasteiger partial charge in [-0.25, -0.2) is 4.98 Å². The van der Waals surface area contributed by atoms with Gasteiger partial charge in [-0.3, -0.25) is 9.59 Å². The lowest BCUT2D eigenvalue weighted by Gasteiger charge is -2.33. The molecule has 4 heterocycles. The Kier molecular flexibility index (Phi) is 7.61. The molecule has 0 unspecified atom stereocenters. The highest BCUT2D eigenvalue weighted by molar-refractivity contribution is 5.96. The predicted molar refractivity (Wildman–Crippen MR) is 124 cm³/mol. The topological polar surface area (TPSA) is 91.6 Å². The molecule has 8 nitrogen and oxygen atoms in total. The van der Waals surface area contributed by atoms with Crippen molar-refractivity contribution < 1.29 is 27.2 Å². The zero-order valence-corrected chi connectivity index (χ0v) is 19.7. The van der Waals surface area contributed by atoms with E-state index in [1.807, 2.05) is 6.92 Å². The number of aromatic nitrogens is 2. The number of nitrogens with one attached hydrogen (secondary N) is 1. The van der Waals surface area contributed by atoms with Crippen LogP contribution in [0.4, 0.5) is 25.0 Å². The van der Waals surface area contributed by atoms with Gasteiger partial charge in [0.1, 0.15) is 5.82 Å². The van der Waals surface area contributed by atoms with Crippen LogP contribution in [0.25, 0.3) is 0 Å². The SMILES string of the molecule is CCC(=O)NC1CCN(c2ccc(CC(=O)c3oc(N4CCCCC4)nc3C(F)(F)F)cn2)CC1. The third-order valence-electron chi connectivity index (χ3n) is 6.44. The van der Waals surface area contributed by atoms with Gasteiger partial charge in [-0.15, -0.1) is 0 Å². The van der Waals surface area contributed by atoms with Crippen LogP contribution in [0.5, 0.6) is 0 Å². The number of oxazole rings is 1. The third-order valence-corrected chi connectivity index (χ3v) is 6.44. The van der Waals surface area contributed by atoms with Gasteiger partial charge in [0.15, 0.2) is 5.69 Å². The lowest BCUT2D eigenvalue weighted by atomic mass is 10.0. The van der Waals surface area contributed by atoms with E-state index in [1.165, 1.54) is 6.20 Å². The number of carbonyl (C=O) groups excluding carboxylic acids is 2. The van der Waals surface area contributed by atoms with E-state index in [0.29, 0.717) is 25.1 Å². The molecule has 2 aromatic rings. The number of anilines is 2. The first-order chi connectivity index (χ1) is 16.7. The van der Waals surface area contributed by atoms with Crippen molar-refractivity contribution in [3.05, 3.63) is 35.3 Å². The minimum Gasteiger partial charge on any atom is -0.420 e. The second kappa shape index (κ2) is 10.7. The van der Waals surface area contributed by atoms with Gasteiger partial charge in [0.25, 0.3) is 6.01 Å². The second-order valence-corrected chi connectivity index (χ2v) is 9.03. The van der Waals surface area contributed by atoms with Gasteiger partial charge in [-0.2, -0.15) is 18.2 Å². The van der Waals surface area contributed by atoms with E-state index in [2.05, 4.69) is 20.2 Å². The molecule has 4 rings (SSSR count). The first kappa shape index (κ1) is 25.0. The largest absolute Gasteiger partial charge is 0.437 e. The summed E-state index contributed by atoms with van der Waals surface area (Å²) in [6.07, 6.45) is 1.21. The van der Waals surface area contributed by atoms with Crippen LogP contribution in [-0.4, -0.2) is 53.9 Å². The fourth-order valence-electron chi connectivity index (χ4n) is 4.47. The molecule has 11 heteroatoms. The summed E-state index contributed by atoms with van der Waals surface area (Å²) in [6, 6.07) is 3.46. The van der Waals surface area contributed by atoms with Gasteiger partial charge in [0, 0.05) is 51.3 Å². The Hall–Kier alpha value is -3.11. The summed E-state index contributed by atoms with van der Waals surface area (Å²) in [7, 11) is 0. The number of ketones is 1. The molecule has 0 radical (unpaired) electrons. The molecular weight excluding hydrogens is 463 g/mol. The number of halogens is 3. The summed E-state index contributed by atoms with van der Waals surface area (Å²) in [6.45, 7) is 4.39. The zero-order valence-electron chi connectivity index (χ0n) is 19.7. The average molecular weight is 494 g/mol. The van der Waals surface area contributed by atoms with Gasteiger partial charge in [0.05, 0.1) is 0 Å². The van der Waals surface area contributed by atoms with Gasteiger partial charge in [-0.1, -0.05) is 13.0 Å². The van der Waals surface area contributed by atoms with Crippen molar-refractivity contribution in [1.82, 2.24) is 15.3 Å². The number of hydrogen-bond donors (Lipinski definition) is 1. The molecule has 0 aromatic carbocycles. The summed E-state index contributed by atoms with van der Waals surface area (Å²) in [4.78, 5) is 36.2. The third kappa shape index (κ3) is 6.12. The van der Waals surface area contributed by atoms with E-state index < -0.39 is 23.4 Å². The molecule has 0 atom stereocenters. The van der Waals surface area contributed by atoms with Crippen molar-refractivity contribution in [2.24, 2.45) is 0 Å². The van der Waals surface area contributed by atoms with Gasteiger partial charge in [-0.05, 0) is 43.7 Å². The van der Waals surface area contributed by atoms with Gasteiger partial charge < -0.3 is 19.5 Å². The van der Waals surface area contributed by atoms with Crippen molar-refractivity contribution in [1.29, 1.82) is 0 Å². The van der Waals surface area contributed by atoms with Crippen molar-refractivity contribution in [3.8, 4) is 0 Å². The highest BCUT2D eigenvalue weighted by Crippen LogP contribution is 2.35. The molecule has 0 bridgehead atoms. The fourth-order valence-corrected chi connectivity index (χ4v) is 4.47. The van der Waals surface area contributed by atoms with E-state index in [0.717, 1.165) is 51.0 Å². The van der Waals surface area contributed by atoms with Crippen LogP contribution in [0.15, 0.2) is 22.7 Å². The molecule has 0 spiro atoms. The van der Waals surface area contributed by atoms with E-state index in [9.17, 15) is 22.8 Å². The Morgan fingerprint density at radius 3 is 2.40 bits per heavy atom. The van der Waals surface area contributed by atoms with Crippen LogP contribution in [-0.2, 0) is 17.4 Å². The number of pyridine rings is 1. The minimum absolute atomic E-state index is 0.0408. The maximum absolute atomic E-state index is 13.6. The standard InChI is InChI=1S/C24H30F3N5O3/c1-2-20(34)29-17-8-12-31(13-9-17)19-7-6-16(15-28-19)14-18(33)21-22(24(25,26)27)30-23(35-21)32-10-4-3-5-11-32/h6-7,15,17H,2-5,8-14H2,1H3,(H,29,34). The number of alkyl halides is 3. The lowest BCUT2D eigenvalue weighted by molar-refractivity contribution is -0.141. The smallest absolute Gasteiger partial charge is 0.420 e. The highest BCUT2D eigenvalue weighted by Gasteiger charge is 2.41. The van der Waals surface area contributed by atoms with E-state index in [4.69, 9.17) is 4.42 Å². The molecule has 2 aliphatic heterocycles. The normalized spacial score (nSPS) is 17.5. The molecule has 0 aliphatic carbocycles. The summed E-state index contributed by atoms with van der Waals surface area (Å²) >= 11 is 0. The van der Waals surface area contributed by atoms with E-state index in [-0.39, 0.29) is 24.4 Å². The number of rotatable bonds is 7. The second-order valence-electron chi connectivity index (χ2n) is 9.03. The van der Waals surface area contributed by atoms with Crippen LogP contribution in [0.1, 0.15) is 67.3 Å². The number of piperidine rings is 2. The number of Topliss-reactive ketones (excluding diaryl/α,β-unsaturated/α-hetero) is 1. The quantitative estimate of drug-likeness (QED) is 0.583. The molecule has 1 amide bonds. The first-order valence-corrected chi connectivity index (χ1v) is 12.1. The Morgan fingerprint density at radius 1 is 1.09 bits per heavy atom. The van der Waals surface area contributed by atoms with Crippen LogP contribution in [0, 0.1) is 0 Å². The van der Waals surface area contributed by atoms with E-state index >= 15 is 0 Å². The first-order valence-electron chi connectivity index (χ1n) is 12.1. The maximum atomic E-state index is 13.6. The molecule has 35 heavy (non-hydrogen) atoms. The number of carbonyl (C=O) groups is 2. The summed E-state index contributed by atoms with van der Waals surface area (Å²) in [5, 5.41) is 3.00. The summed E-state index contributed by atoms with van der Waals surface area (Å²) in [5.41, 5.74) is -0.779. The van der Waals surface area contributed by atoms with Crippen molar-refractivity contribution >= 4 is 23.5 Å². The fraction of sp³-hybridized carbons (Fsp3) is 0.583. The Morgan fingerprint density at radius 2 is 1.80 bits per heavy atom. The molecule has 190 valence electrons. The number of hydrogen-bond acceptors (Lipinski definition) is 7. The van der Waals surface area contributed by atoms with Crippen LogP contribution in [0.2, 0.25) is 0 Å². The van der Waals surface area contributed by atoms with Crippen molar-refractivity contribution in [2.45, 2.75) is 64.1 Å². The van der Waals surface area contributed by atoms with Crippen molar-refractivity contribution in [3.63, 3.8) is 0 Å². The van der Waals surface area contributed by atoms with Crippen molar-refractivity contribution in [2.75, 3.05) is 36.0 Å². The summed E-state index contributed by atoms with van der Waals surface area (Å²) < 4.78 is 46.1. The zero-order chi connectivity index (χ0) is 25.0. The van der Waals surface area contributed by atoms with Gasteiger partial charge >= 0.3 is 6.18 Å². The van der Waals surface area contributed by atoms with E-state index in [1.54, 1.807) is 17.0 Å².